The van der Waals surface area contributed by atoms with Crippen molar-refractivity contribution in [3.63, 3.8) is 0 Å². The van der Waals surface area contributed by atoms with Crippen LogP contribution in [0.15, 0.2) is 0 Å². The monoisotopic (exact) mass is 432 g/mol. The van der Waals surface area contributed by atoms with Crippen molar-refractivity contribution in [2.75, 3.05) is 0 Å². The van der Waals surface area contributed by atoms with Crippen LogP contribution in [0.3, 0.4) is 0 Å². The van der Waals surface area contributed by atoms with Gasteiger partial charge in [0.25, 0.3) is 0 Å². The molecule has 0 aromatic carbocycles. The zero-order valence-electron chi connectivity index (χ0n) is 1.93. The van der Waals surface area contributed by atoms with E-state index in [0.717, 1.165) is 0 Å². The van der Waals surface area contributed by atoms with Crippen LogP contribution in [0.4, 0.5) is 0 Å². The zero-order valence-corrected chi connectivity index (χ0v) is 10.2. The van der Waals surface area contributed by atoms with Crippen molar-refractivity contribution < 1.29 is 28.7 Å². The topological polar surface area (TPSA) is 17.1 Å². The van der Waals surface area contributed by atoms with E-state index in [2.05, 4.69) is 0 Å². The molecule has 0 saturated carbocycles. The van der Waals surface area contributed by atoms with Crippen LogP contribution in [0.25, 0.3) is 0 Å². The quantitative estimate of drug-likeness (QED) is 0.457. The van der Waals surface area contributed by atoms with Crippen molar-refractivity contribution in [3.8, 4) is 0 Å². The number of rotatable bonds is 0. The third kappa shape index (κ3) is 8.94. The summed E-state index contributed by atoms with van der Waals surface area (Å²) < 4.78 is 8.36. The SMILES string of the molecule is [Al].[Hf].[O]=[Bi]. The Morgan fingerprint density at radius 2 is 1.25 bits per heavy atom. The molecule has 0 spiro atoms. The molecule has 0 aromatic rings. The molecule has 18 valence electrons. The van der Waals surface area contributed by atoms with E-state index < -0.39 is 0 Å². The van der Waals surface area contributed by atoms with Crippen molar-refractivity contribution in [1.29, 1.82) is 0 Å². The molecule has 0 amide bonds. The molecule has 0 saturated heterocycles. The summed E-state index contributed by atoms with van der Waals surface area (Å²) in [6, 6.07) is 0. The minimum atomic E-state index is 0. The Balaban J connectivity index is -0.00000000500. The maximum absolute atomic E-state index is 8.36. The standard InChI is InChI=1S/Al.Bi.Hf.O. The normalized spacial score (nSPS) is 1.00. The zero-order chi connectivity index (χ0) is 2.00. The molecule has 0 fully saturated rings. The van der Waals surface area contributed by atoms with Crippen molar-refractivity contribution in [3.05, 3.63) is 0 Å². The molecule has 0 atom stereocenters. The predicted molar refractivity (Wildman–Crippen MR) is 12.2 cm³/mol. The second-order valence-electron chi connectivity index (χ2n) is 0. The van der Waals surface area contributed by atoms with Gasteiger partial charge in [0.2, 0.25) is 0 Å². The summed E-state index contributed by atoms with van der Waals surface area (Å²) in [6.07, 6.45) is 0. The van der Waals surface area contributed by atoms with Crippen molar-refractivity contribution in [1.82, 2.24) is 0 Å². The van der Waals surface area contributed by atoms with Gasteiger partial charge in [-0.3, -0.25) is 0 Å². The molecule has 1 nitrogen and oxygen atoms in total. The fraction of sp³-hybridized carbons (Fsp3) is 0. The van der Waals surface area contributed by atoms with Crippen molar-refractivity contribution in [2.45, 2.75) is 0 Å². The van der Waals surface area contributed by atoms with Crippen molar-refractivity contribution in [2.24, 2.45) is 0 Å². The van der Waals surface area contributed by atoms with Gasteiger partial charge in [-0.2, -0.15) is 0 Å². The first kappa shape index (κ1) is 16.5. The molecule has 0 rings (SSSR count). The summed E-state index contributed by atoms with van der Waals surface area (Å²) in [5, 5.41) is 0. The van der Waals surface area contributed by atoms with E-state index in [1.54, 1.807) is 0 Å². The van der Waals surface area contributed by atoms with Gasteiger partial charge in [0.1, 0.15) is 0 Å². The first-order valence-electron chi connectivity index (χ1n) is 0.183. The van der Waals surface area contributed by atoms with Crippen LogP contribution in [0.2, 0.25) is 0 Å². The molecular weight excluding hydrogens is 430 g/mol. The summed E-state index contributed by atoms with van der Waals surface area (Å²) in [7, 11) is 0. The molecule has 0 aliphatic rings. The van der Waals surface area contributed by atoms with Crippen LogP contribution in [-0.2, 0) is 28.7 Å². The summed E-state index contributed by atoms with van der Waals surface area (Å²) >= 11 is 0.194. The third-order valence-electron chi connectivity index (χ3n) is 0. The van der Waals surface area contributed by atoms with E-state index in [-0.39, 0.29) is 67.9 Å². The van der Waals surface area contributed by atoms with Gasteiger partial charge < -0.3 is 0 Å². The van der Waals surface area contributed by atoms with Gasteiger partial charge in [-0.05, 0) is 0 Å². The van der Waals surface area contributed by atoms with Gasteiger partial charge in [0.15, 0.2) is 0 Å². The first-order valence-corrected chi connectivity index (χ1v) is 1.60. The van der Waals surface area contributed by atoms with Crippen LogP contribution in [0.1, 0.15) is 0 Å². The maximum atomic E-state index is 8.36. The number of hydrogen-bond acceptors (Lipinski definition) is 1. The van der Waals surface area contributed by atoms with Crippen LogP contribution in [0, 0.1) is 0 Å². The Bertz CT molecular complexity index is 8.00. The van der Waals surface area contributed by atoms with Gasteiger partial charge in [0, 0.05) is 43.2 Å². The van der Waals surface area contributed by atoms with E-state index in [9.17, 15) is 0 Å². The van der Waals surface area contributed by atoms with E-state index >= 15 is 0 Å². The van der Waals surface area contributed by atoms with E-state index in [1.807, 2.05) is 0 Å². The minimum absolute atomic E-state index is 0. The number of hydrogen-bond donors (Lipinski definition) is 0. The Hall–Kier alpha value is 2.09. The van der Waals surface area contributed by atoms with E-state index in [4.69, 9.17) is 2.81 Å². The van der Waals surface area contributed by atoms with Crippen LogP contribution < -0.4 is 0 Å². The molecule has 4 heteroatoms. The summed E-state index contributed by atoms with van der Waals surface area (Å²) in [4.78, 5) is 0. The third-order valence-corrected chi connectivity index (χ3v) is 0. The molecule has 0 aliphatic carbocycles. The van der Waals surface area contributed by atoms with E-state index in [0.29, 0.717) is 0 Å². The molecule has 0 heterocycles. The Morgan fingerprint density at radius 3 is 1.25 bits per heavy atom. The van der Waals surface area contributed by atoms with Gasteiger partial charge in [-0.25, -0.2) is 0 Å². The van der Waals surface area contributed by atoms with E-state index in [1.165, 1.54) is 0 Å². The van der Waals surface area contributed by atoms with Crippen molar-refractivity contribution >= 4 is 42.1 Å². The first-order chi connectivity index (χ1) is 1.00. The fourth-order valence-electron chi connectivity index (χ4n) is 0. The Kier molecular flexibility index (Phi) is 80.7. The second kappa shape index (κ2) is 19.5. The Labute approximate surface area is 69.7 Å². The van der Waals surface area contributed by atoms with Gasteiger partial charge in [-0.15, -0.1) is 0 Å². The van der Waals surface area contributed by atoms with Crippen LogP contribution in [0.5, 0.6) is 0 Å². The summed E-state index contributed by atoms with van der Waals surface area (Å²) in [6.45, 7) is 0. The molecule has 0 bridgehead atoms. The summed E-state index contributed by atoms with van der Waals surface area (Å²) in [5.74, 6) is 0. The molecule has 4 heavy (non-hydrogen) atoms. The van der Waals surface area contributed by atoms with Crippen LogP contribution in [-0.4, -0.2) is 42.1 Å². The van der Waals surface area contributed by atoms with Gasteiger partial charge >= 0.3 is 27.5 Å². The predicted octanol–water partition coefficient (Wildman–Crippen LogP) is -0.883. The summed E-state index contributed by atoms with van der Waals surface area (Å²) in [5.41, 5.74) is 0. The van der Waals surface area contributed by atoms with Gasteiger partial charge in [-0.1, -0.05) is 0 Å². The molecule has 0 N–H and O–H groups in total. The average molecular weight is 430 g/mol. The molecule has 0 aliphatic heterocycles. The van der Waals surface area contributed by atoms with Crippen LogP contribution >= 0.6 is 0 Å². The molecule has 0 unspecified atom stereocenters. The average Bonchev–Trinajstić information content (AvgIpc) is 1.00. The molecule has 4 radical (unpaired) electrons. The molecule has 0 aromatic heterocycles. The second-order valence-corrected chi connectivity index (χ2v) is 0. The van der Waals surface area contributed by atoms with Gasteiger partial charge in [0.05, 0.1) is 0 Å². The fourth-order valence-corrected chi connectivity index (χ4v) is 0. The Morgan fingerprint density at radius 1 is 1.25 bits per heavy atom. The molecular formula is AlBiHfO.